The lowest BCUT2D eigenvalue weighted by Gasteiger charge is -2.09. The number of anilines is 2. The Hall–Kier alpha value is -2.17. The summed E-state index contributed by atoms with van der Waals surface area (Å²) < 4.78 is 0. The molecule has 0 fully saturated rings. The molecular weight excluding hydrogens is 238 g/mol. The van der Waals surface area contributed by atoms with Crippen LogP contribution in [-0.4, -0.2) is 21.2 Å². The molecule has 2 aromatic rings. The molecule has 19 heavy (non-hydrogen) atoms. The van der Waals surface area contributed by atoms with E-state index in [0.717, 1.165) is 12.4 Å². The number of benzene rings is 1. The Labute approximate surface area is 113 Å². The maximum atomic E-state index is 4.35. The summed E-state index contributed by atoms with van der Waals surface area (Å²) in [4.78, 5) is 4.35. The van der Waals surface area contributed by atoms with E-state index >= 15 is 0 Å². The number of nitrogens with zero attached hydrogens (tertiary/aromatic N) is 3. The van der Waals surface area contributed by atoms with E-state index < -0.39 is 0 Å². The smallest absolute Gasteiger partial charge is 0.244 e. The standard InChI is InChI=1S/C14H19N5/c1-10(2)17-14-18-13(9-16-19-14)15-8-12-6-4-5-11(3)7-12/h4-7,9-10H,8H2,1-3H3,(H2,15,17,18,19). The van der Waals surface area contributed by atoms with Gasteiger partial charge in [-0.2, -0.15) is 10.1 Å². The molecule has 0 amide bonds. The molecule has 0 spiro atoms. The summed E-state index contributed by atoms with van der Waals surface area (Å²) in [6.07, 6.45) is 1.63. The van der Waals surface area contributed by atoms with Crippen LogP contribution < -0.4 is 10.6 Å². The summed E-state index contributed by atoms with van der Waals surface area (Å²) in [5.41, 5.74) is 2.47. The summed E-state index contributed by atoms with van der Waals surface area (Å²) in [6.45, 7) is 6.88. The predicted molar refractivity (Wildman–Crippen MR) is 77.1 cm³/mol. The lowest BCUT2D eigenvalue weighted by Crippen LogP contribution is -2.14. The molecule has 0 aliphatic carbocycles. The van der Waals surface area contributed by atoms with Crippen molar-refractivity contribution >= 4 is 11.8 Å². The van der Waals surface area contributed by atoms with E-state index in [0.29, 0.717) is 5.95 Å². The molecule has 0 unspecified atom stereocenters. The summed E-state index contributed by atoms with van der Waals surface area (Å²) in [7, 11) is 0. The monoisotopic (exact) mass is 257 g/mol. The van der Waals surface area contributed by atoms with Crippen molar-refractivity contribution in [3.05, 3.63) is 41.6 Å². The van der Waals surface area contributed by atoms with E-state index in [1.807, 2.05) is 13.8 Å². The van der Waals surface area contributed by atoms with Crippen molar-refractivity contribution in [2.24, 2.45) is 0 Å². The number of nitrogens with one attached hydrogen (secondary N) is 2. The summed E-state index contributed by atoms with van der Waals surface area (Å²) >= 11 is 0. The Kier molecular flexibility index (Phi) is 4.28. The Morgan fingerprint density at radius 3 is 2.84 bits per heavy atom. The minimum absolute atomic E-state index is 0.286. The van der Waals surface area contributed by atoms with E-state index in [1.54, 1.807) is 6.20 Å². The zero-order chi connectivity index (χ0) is 13.7. The molecule has 0 saturated carbocycles. The van der Waals surface area contributed by atoms with Gasteiger partial charge in [-0.3, -0.25) is 0 Å². The van der Waals surface area contributed by atoms with Crippen molar-refractivity contribution < 1.29 is 0 Å². The molecular formula is C14H19N5. The first-order valence-corrected chi connectivity index (χ1v) is 6.39. The number of aryl methyl sites for hydroxylation is 1. The number of aromatic nitrogens is 3. The molecule has 5 heteroatoms. The quantitative estimate of drug-likeness (QED) is 0.862. The van der Waals surface area contributed by atoms with Gasteiger partial charge in [0.25, 0.3) is 0 Å². The maximum Gasteiger partial charge on any atom is 0.244 e. The van der Waals surface area contributed by atoms with Crippen LogP contribution in [0, 0.1) is 6.92 Å². The largest absolute Gasteiger partial charge is 0.365 e. The second kappa shape index (κ2) is 6.13. The fourth-order valence-electron chi connectivity index (χ4n) is 1.72. The van der Waals surface area contributed by atoms with Crippen molar-refractivity contribution in [3.8, 4) is 0 Å². The van der Waals surface area contributed by atoms with Crippen LogP contribution in [0.4, 0.5) is 11.8 Å². The molecule has 2 rings (SSSR count). The minimum Gasteiger partial charge on any atom is -0.365 e. The summed E-state index contributed by atoms with van der Waals surface area (Å²) in [5, 5.41) is 14.2. The van der Waals surface area contributed by atoms with Crippen LogP contribution in [-0.2, 0) is 6.54 Å². The third-order valence-electron chi connectivity index (χ3n) is 2.53. The molecule has 1 aromatic heterocycles. The van der Waals surface area contributed by atoms with Crippen molar-refractivity contribution in [1.29, 1.82) is 0 Å². The zero-order valence-corrected chi connectivity index (χ0v) is 11.5. The van der Waals surface area contributed by atoms with Gasteiger partial charge >= 0.3 is 0 Å². The fraction of sp³-hybridized carbons (Fsp3) is 0.357. The normalized spacial score (nSPS) is 10.5. The highest BCUT2D eigenvalue weighted by molar-refractivity contribution is 5.38. The van der Waals surface area contributed by atoms with Gasteiger partial charge in [0.15, 0.2) is 5.82 Å². The van der Waals surface area contributed by atoms with Crippen LogP contribution >= 0.6 is 0 Å². The van der Waals surface area contributed by atoms with Crippen molar-refractivity contribution in [3.63, 3.8) is 0 Å². The molecule has 100 valence electrons. The van der Waals surface area contributed by atoms with Gasteiger partial charge in [0.2, 0.25) is 5.95 Å². The van der Waals surface area contributed by atoms with Crippen LogP contribution in [0.25, 0.3) is 0 Å². The van der Waals surface area contributed by atoms with Gasteiger partial charge < -0.3 is 10.6 Å². The highest BCUT2D eigenvalue weighted by Gasteiger charge is 2.02. The average molecular weight is 257 g/mol. The first kappa shape index (κ1) is 13.3. The number of rotatable bonds is 5. The van der Waals surface area contributed by atoms with Crippen LogP contribution in [0.3, 0.4) is 0 Å². The van der Waals surface area contributed by atoms with Crippen LogP contribution in [0.5, 0.6) is 0 Å². The SMILES string of the molecule is Cc1cccc(CNc2cnnc(NC(C)C)n2)c1. The van der Waals surface area contributed by atoms with Gasteiger partial charge in [-0.1, -0.05) is 29.8 Å². The third-order valence-corrected chi connectivity index (χ3v) is 2.53. The van der Waals surface area contributed by atoms with Crippen molar-refractivity contribution in [2.45, 2.75) is 33.4 Å². The molecule has 0 radical (unpaired) electrons. The van der Waals surface area contributed by atoms with Crippen molar-refractivity contribution in [2.75, 3.05) is 10.6 Å². The van der Waals surface area contributed by atoms with E-state index in [4.69, 9.17) is 0 Å². The first-order valence-electron chi connectivity index (χ1n) is 6.39. The first-order chi connectivity index (χ1) is 9.13. The Morgan fingerprint density at radius 1 is 1.26 bits per heavy atom. The Bertz CT molecular complexity index is 539. The lowest BCUT2D eigenvalue weighted by atomic mass is 10.1. The van der Waals surface area contributed by atoms with E-state index in [2.05, 4.69) is 57.0 Å². The topological polar surface area (TPSA) is 62.7 Å². The second-order valence-electron chi connectivity index (χ2n) is 4.81. The molecule has 0 aliphatic heterocycles. The lowest BCUT2D eigenvalue weighted by molar-refractivity contribution is 0.850. The van der Waals surface area contributed by atoms with Gasteiger partial charge in [-0.05, 0) is 26.3 Å². The fourth-order valence-corrected chi connectivity index (χ4v) is 1.72. The molecule has 2 N–H and O–H groups in total. The van der Waals surface area contributed by atoms with Crippen LogP contribution in [0.2, 0.25) is 0 Å². The zero-order valence-electron chi connectivity index (χ0n) is 11.5. The molecule has 0 saturated heterocycles. The van der Waals surface area contributed by atoms with E-state index in [1.165, 1.54) is 11.1 Å². The number of hydrogen-bond acceptors (Lipinski definition) is 5. The highest BCUT2D eigenvalue weighted by atomic mass is 15.3. The maximum absolute atomic E-state index is 4.35. The van der Waals surface area contributed by atoms with Gasteiger partial charge in [0.05, 0.1) is 6.20 Å². The van der Waals surface area contributed by atoms with Gasteiger partial charge in [-0.25, -0.2) is 0 Å². The van der Waals surface area contributed by atoms with Gasteiger partial charge in [-0.15, -0.1) is 5.10 Å². The molecule has 1 aromatic carbocycles. The van der Waals surface area contributed by atoms with Gasteiger partial charge in [0, 0.05) is 12.6 Å². The Morgan fingerprint density at radius 2 is 2.11 bits per heavy atom. The molecule has 5 nitrogen and oxygen atoms in total. The molecule has 0 aliphatic rings. The van der Waals surface area contributed by atoms with Crippen molar-refractivity contribution in [1.82, 2.24) is 15.2 Å². The third kappa shape index (κ3) is 4.21. The summed E-state index contributed by atoms with van der Waals surface area (Å²) in [5.74, 6) is 1.27. The molecule has 1 heterocycles. The highest BCUT2D eigenvalue weighted by Crippen LogP contribution is 2.09. The Balaban J connectivity index is 1.99. The summed E-state index contributed by atoms with van der Waals surface area (Å²) in [6, 6.07) is 8.65. The number of hydrogen-bond donors (Lipinski definition) is 2. The average Bonchev–Trinajstić information content (AvgIpc) is 2.36. The second-order valence-corrected chi connectivity index (χ2v) is 4.81. The predicted octanol–water partition coefficient (Wildman–Crippen LogP) is 2.61. The van der Waals surface area contributed by atoms with E-state index in [9.17, 15) is 0 Å². The molecule has 0 atom stereocenters. The molecule has 0 bridgehead atoms. The van der Waals surface area contributed by atoms with Crippen LogP contribution in [0.15, 0.2) is 30.5 Å². The van der Waals surface area contributed by atoms with Crippen LogP contribution in [0.1, 0.15) is 25.0 Å². The van der Waals surface area contributed by atoms with Gasteiger partial charge in [0.1, 0.15) is 0 Å². The van der Waals surface area contributed by atoms with E-state index in [-0.39, 0.29) is 6.04 Å². The minimum atomic E-state index is 0.286.